The van der Waals surface area contributed by atoms with Crippen LogP contribution in [-0.4, -0.2) is 27.3 Å². The molecule has 0 saturated heterocycles. The summed E-state index contributed by atoms with van der Waals surface area (Å²) < 4.78 is 7.52. The molecule has 5 heteroatoms. The summed E-state index contributed by atoms with van der Waals surface area (Å²) in [6.45, 7) is 9.26. The van der Waals surface area contributed by atoms with Crippen LogP contribution in [0.3, 0.4) is 0 Å². The number of carbonyl (C=O) groups excluding carboxylic acids is 1. The molecule has 4 rings (SSSR count). The van der Waals surface area contributed by atoms with Gasteiger partial charge in [0.2, 0.25) is 0 Å². The first-order chi connectivity index (χ1) is 13.8. The summed E-state index contributed by atoms with van der Waals surface area (Å²) in [5.41, 5.74) is 3.47. The van der Waals surface area contributed by atoms with Crippen molar-refractivity contribution in [3.63, 3.8) is 0 Å². The molecule has 152 valence electrons. The third-order valence-electron chi connectivity index (χ3n) is 6.31. The zero-order valence-corrected chi connectivity index (χ0v) is 17.7. The number of fused-ring (bicyclic) bond motifs is 1. The number of aromatic nitrogens is 3. The molecule has 1 aromatic carbocycles. The molecule has 0 unspecified atom stereocenters. The van der Waals surface area contributed by atoms with E-state index in [1.165, 1.54) is 12.8 Å². The van der Waals surface area contributed by atoms with Crippen molar-refractivity contribution in [1.82, 2.24) is 14.8 Å². The molecule has 1 aliphatic rings. The standard InChI is InChI=1S/C24H29N3O2/c1-17-20-14-18(15-25-21(20)27(26-17)19-8-6-5-7-9-19)22(28)29-16-24(4)12-10-23(2,3)11-13-24/h5-9,14-15H,10-13,16H2,1-4H3. The summed E-state index contributed by atoms with van der Waals surface area (Å²) >= 11 is 0. The Morgan fingerprint density at radius 3 is 2.48 bits per heavy atom. The van der Waals surface area contributed by atoms with Crippen molar-refractivity contribution < 1.29 is 9.53 Å². The normalized spacial score (nSPS) is 17.9. The summed E-state index contributed by atoms with van der Waals surface area (Å²) in [7, 11) is 0. The fourth-order valence-electron chi connectivity index (χ4n) is 4.00. The van der Waals surface area contributed by atoms with Gasteiger partial charge in [0.15, 0.2) is 5.65 Å². The molecule has 29 heavy (non-hydrogen) atoms. The number of aryl methyl sites for hydroxylation is 1. The minimum atomic E-state index is -0.308. The smallest absolute Gasteiger partial charge is 0.339 e. The van der Waals surface area contributed by atoms with Gasteiger partial charge in [0.25, 0.3) is 0 Å². The van der Waals surface area contributed by atoms with Crippen molar-refractivity contribution >= 4 is 17.0 Å². The van der Waals surface area contributed by atoms with E-state index in [1.54, 1.807) is 6.20 Å². The molecule has 0 N–H and O–H groups in total. The van der Waals surface area contributed by atoms with Crippen molar-refractivity contribution in [2.24, 2.45) is 10.8 Å². The molecule has 0 aliphatic heterocycles. The Hall–Kier alpha value is -2.69. The number of benzene rings is 1. The number of para-hydroxylation sites is 1. The fraction of sp³-hybridized carbons (Fsp3) is 0.458. The quantitative estimate of drug-likeness (QED) is 0.552. The number of rotatable bonds is 4. The first-order valence-corrected chi connectivity index (χ1v) is 10.3. The first kappa shape index (κ1) is 19.6. The highest BCUT2D eigenvalue weighted by Crippen LogP contribution is 2.44. The van der Waals surface area contributed by atoms with Gasteiger partial charge in [-0.2, -0.15) is 5.10 Å². The van der Waals surface area contributed by atoms with Crippen molar-refractivity contribution in [1.29, 1.82) is 0 Å². The molecular formula is C24H29N3O2. The van der Waals surface area contributed by atoms with Crippen LogP contribution in [0.2, 0.25) is 0 Å². The molecule has 0 spiro atoms. The minimum Gasteiger partial charge on any atom is -0.461 e. The maximum atomic E-state index is 12.7. The highest BCUT2D eigenvalue weighted by Gasteiger charge is 2.35. The van der Waals surface area contributed by atoms with Crippen molar-refractivity contribution in [2.45, 2.75) is 53.4 Å². The zero-order chi connectivity index (χ0) is 20.6. The molecule has 0 atom stereocenters. The van der Waals surface area contributed by atoms with Gasteiger partial charge in [-0.05, 0) is 56.2 Å². The molecule has 0 bridgehead atoms. The topological polar surface area (TPSA) is 57.0 Å². The second-order valence-corrected chi connectivity index (χ2v) is 9.48. The lowest BCUT2D eigenvalue weighted by atomic mass is 9.66. The second kappa shape index (κ2) is 7.29. The van der Waals surface area contributed by atoms with E-state index in [-0.39, 0.29) is 11.4 Å². The van der Waals surface area contributed by atoms with Crippen LogP contribution < -0.4 is 0 Å². The lowest BCUT2D eigenvalue weighted by Crippen LogP contribution is -2.33. The van der Waals surface area contributed by atoms with Gasteiger partial charge in [-0.25, -0.2) is 14.5 Å². The third-order valence-corrected chi connectivity index (χ3v) is 6.31. The Balaban J connectivity index is 1.51. The number of ether oxygens (including phenoxy) is 1. The van der Waals surface area contributed by atoms with Gasteiger partial charge < -0.3 is 4.74 Å². The SMILES string of the molecule is Cc1nn(-c2ccccc2)c2ncc(C(=O)OCC3(C)CCC(C)(C)CC3)cc12. The largest absolute Gasteiger partial charge is 0.461 e. The molecular weight excluding hydrogens is 362 g/mol. The lowest BCUT2D eigenvalue weighted by Gasteiger charge is -2.40. The second-order valence-electron chi connectivity index (χ2n) is 9.48. The highest BCUT2D eigenvalue weighted by atomic mass is 16.5. The Bertz CT molecular complexity index is 1030. The van der Waals surface area contributed by atoms with Crippen LogP contribution in [0.5, 0.6) is 0 Å². The van der Waals surface area contributed by atoms with Gasteiger partial charge in [-0.15, -0.1) is 0 Å². The Morgan fingerprint density at radius 2 is 1.79 bits per heavy atom. The highest BCUT2D eigenvalue weighted by molar-refractivity contribution is 5.94. The van der Waals surface area contributed by atoms with Crippen LogP contribution >= 0.6 is 0 Å². The van der Waals surface area contributed by atoms with E-state index >= 15 is 0 Å². The molecule has 3 aromatic rings. The first-order valence-electron chi connectivity index (χ1n) is 10.3. The number of carbonyl (C=O) groups is 1. The number of nitrogens with zero attached hydrogens (tertiary/aromatic N) is 3. The lowest BCUT2D eigenvalue weighted by molar-refractivity contribution is 0.0110. The average molecular weight is 392 g/mol. The van der Waals surface area contributed by atoms with Crippen LogP contribution in [0.4, 0.5) is 0 Å². The molecule has 0 radical (unpaired) electrons. The maximum Gasteiger partial charge on any atom is 0.339 e. The van der Waals surface area contributed by atoms with Gasteiger partial charge in [0, 0.05) is 17.0 Å². The van der Waals surface area contributed by atoms with Crippen LogP contribution in [0.1, 0.15) is 62.5 Å². The van der Waals surface area contributed by atoms with Crippen LogP contribution in [0.25, 0.3) is 16.7 Å². The summed E-state index contributed by atoms with van der Waals surface area (Å²) in [5.74, 6) is -0.308. The van der Waals surface area contributed by atoms with Crippen LogP contribution in [0, 0.1) is 17.8 Å². The number of esters is 1. The van der Waals surface area contributed by atoms with Crippen molar-refractivity contribution in [2.75, 3.05) is 6.61 Å². The van der Waals surface area contributed by atoms with E-state index in [0.717, 1.165) is 35.3 Å². The van der Waals surface area contributed by atoms with Crippen LogP contribution in [0.15, 0.2) is 42.6 Å². The van der Waals surface area contributed by atoms with Crippen LogP contribution in [-0.2, 0) is 4.74 Å². The third kappa shape index (κ3) is 4.04. The van der Waals surface area contributed by atoms with E-state index in [1.807, 2.05) is 48.0 Å². The zero-order valence-electron chi connectivity index (χ0n) is 17.7. The minimum absolute atomic E-state index is 0.0663. The summed E-state index contributed by atoms with van der Waals surface area (Å²) in [5, 5.41) is 5.48. The predicted octanol–water partition coefficient (Wildman–Crippen LogP) is 5.49. The summed E-state index contributed by atoms with van der Waals surface area (Å²) in [4.78, 5) is 17.2. The average Bonchev–Trinajstić information content (AvgIpc) is 3.06. The van der Waals surface area contributed by atoms with Gasteiger partial charge in [-0.3, -0.25) is 0 Å². The van der Waals surface area contributed by atoms with E-state index in [9.17, 15) is 4.79 Å². The van der Waals surface area contributed by atoms with Gasteiger partial charge >= 0.3 is 5.97 Å². The van der Waals surface area contributed by atoms with E-state index in [4.69, 9.17) is 4.74 Å². The number of hydrogen-bond donors (Lipinski definition) is 0. The fourth-order valence-corrected chi connectivity index (χ4v) is 4.00. The summed E-state index contributed by atoms with van der Waals surface area (Å²) in [6, 6.07) is 11.7. The van der Waals surface area contributed by atoms with Gasteiger partial charge in [0.05, 0.1) is 23.6 Å². The summed E-state index contributed by atoms with van der Waals surface area (Å²) in [6.07, 6.45) is 6.12. The van der Waals surface area contributed by atoms with E-state index in [2.05, 4.69) is 30.9 Å². The molecule has 1 aliphatic carbocycles. The predicted molar refractivity (Wildman–Crippen MR) is 114 cm³/mol. The Labute approximate surface area is 172 Å². The number of hydrogen-bond acceptors (Lipinski definition) is 4. The van der Waals surface area contributed by atoms with E-state index < -0.39 is 0 Å². The monoisotopic (exact) mass is 391 g/mol. The van der Waals surface area contributed by atoms with Crippen molar-refractivity contribution in [3.05, 3.63) is 53.9 Å². The molecule has 1 saturated carbocycles. The van der Waals surface area contributed by atoms with Gasteiger partial charge in [0.1, 0.15) is 0 Å². The van der Waals surface area contributed by atoms with E-state index in [0.29, 0.717) is 17.6 Å². The Morgan fingerprint density at radius 1 is 1.10 bits per heavy atom. The maximum absolute atomic E-state index is 12.7. The molecule has 2 heterocycles. The number of pyridine rings is 1. The molecule has 2 aromatic heterocycles. The van der Waals surface area contributed by atoms with Crippen molar-refractivity contribution in [3.8, 4) is 5.69 Å². The molecule has 5 nitrogen and oxygen atoms in total. The molecule has 0 amide bonds. The molecule has 1 fully saturated rings. The Kier molecular flexibility index (Phi) is 4.93. The van der Waals surface area contributed by atoms with Gasteiger partial charge in [-0.1, -0.05) is 39.0 Å².